The molecule has 4 heteroatoms. The summed E-state index contributed by atoms with van der Waals surface area (Å²) >= 11 is 0. The molecule has 0 fully saturated rings. The van der Waals surface area contributed by atoms with Crippen LogP contribution < -0.4 is 14.9 Å². The van der Waals surface area contributed by atoms with Crippen molar-refractivity contribution in [3.05, 3.63) is 17.7 Å². The number of hydrogen-bond acceptors (Lipinski definition) is 3. The Hall–Kier alpha value is -1.45. The summed E-state index contributed by atoms with van der Waals surface area (Å²) < 4.78 is 10.6. The summed E-state index contributed by atoms with van der Waals surface area (Å²) in [6.07, 6.45) is 0.712. The number of hydrogen-bond donors (Lipinski definition) is 0. The summed E-state index contributed by atoms with van der Waals surface area (Å²) in [6.45, 7) is 3.80. The molecule has 2 radical (unpaired) electrons. The lowest BCUT2D eigenvalue weighted by Gasteiger charge is -2.15. The number of rotatable bonds is 4. The molecule has 0 heterocycles. The first kappa shape index (κ1) is 11.6. The number of aldehydes is 1. The van der Waals surface area contributed by atoms with E-state index in [1.807, 2.05) is 13.8 Å². The fraction of sp³-hybridized carbons (Fsp3) is 0.364. The van der Waals surface area contributed by atoms with Crippen molar-refractivity contribution in [1.29, 1.82) is 0 Å². The summed E-state index contributed by atoms with van der Waals surface area (Å²) in [5.41, 5.74) is 0.796. The molecule has 0 atom stereocenters. The Bertz CT molecular complexity index is 361. The predicted octanol–water partition coefficient (Wildman–Crippen LogP) is 1.09. The van der Waals surface area contributed by atoms with Crippen molar-refractivity contribution in [2.45, 2.75) is 20.0 Å². The lowest BCUT2D eigenvalue weighted by atomic mass is 9.90. The van der Waals surface area contributed by atoms with E-state index in [0.717, 1.165) is 0 Å². The van der Waals surface area contributed by atoms with Crippen molar-refractivity contribution in [3.8, 4) is 11.5 Å². The van der Waals surface area contributed by atoms with E-state index in [9.17, 15) is 4.79 Å². The van der Waals surface area contributed by atoms with E-state index in [-0.39, 0.29) is 6.10 Å². The highest BCUT2D eigenvalue weighted by Gasteiger charge is 2.09. The minimum atomic E-state index is 0.0158. The van der Waals surface area contributed by atoms with E-state index in [0.29, 0.717) is 28.8 Å². The van der Waals surface area contributed by atoms with Crippen LogP contribution in [0.1, 0.15) is 24.2 Å². The second-order valence-corrected chi connectivity index (χ2v) is 3.42. The molecule has 0 saturated heterocycles. The molecule has 0 aliphatic carbocycles. The summed E-state index contributed by atoms with van der Waals surface area (Å²) in [6, 6.07) is 3.17. The van der Waals surface area contributed by atoms with Crippen molar-refractivity contribution in [2.24, 2.45) is 0 Å². The van der Waals surface area contributed by atoms with Gasteiger partial charge in [-0.2, -0.15) is 0 Å². The molecule has 1 rings (SSSR count). The average molecular weight is 204 g/mol. The van der Waals surface area contributed by atoms with Crippen LogP contribution in [0.2, 0.25) is 0 Å². The number of benzene rings is 1. The molecular weight excluding hydrogens is 191 g/mol. The van der Waals surface area contributed by atoms with Crippen LogP contribution in [-0.4, -0.2) is 27.3 Å². The van der Waals surface area contributed by atoms with Crippen LogP contribution in [0.4, 0.5) is 0 Å². The lowest BCUT2D eigenvalue weighted by molar-refractivity contribution is 0.112. The third kappa shape index (κ3) is 2.75. The number of methoxy groups -OCH3 is 1. The molecule has 78 valence electrons. The van der Waals surface area contributed by atoms with Gasteiger partial charge in [0, 0.05) is 5.56 Å². The quantitative estimate of drug-likeness (QED) is 0.543. The molecule has 3 nitrogen and oxygen atoms in total. The van der Waals surface area contributed by atoms with Gasteiger partial charge < -0.3 is 9.47 Å². The molecule has 0 aromatic heterocycles. The van der Waals surface area contributed by atoms with Gasteiger partial charge in [-0.15, -0.1) is 0 Å². The predicted molar refractivity (Wildman–Crippen MR) is 59.5 cm³/mol. The van der Waals surface area contributed by atoms with Crippen LogP contribution in [0.3, 0.4) is 0 Å². The Morgan fingerprint density at radius 3 is 2.47 bits per heavy atom. The monoisotopic (exact) mass is 204 g/mol. The second-order valence-electron chi connectivity index (χ2n) is 3.42. The standard InChI is InChI=1S/C11H13BO3/c1-7(2)15-11-4-8(6-13)9(12)5-10(11)14-3/h4-7H,1-3H3. The topological polar surface area (TPSA) is 35.5 Å². The average Bonchev–Trinajstić information content (AvgIpc) is 2.19. The van der Waals surface area contributed by atoms with E-state index in [1.54, 1.807) is 12.1 Å². The lowest BCUT2D eigenvalue weighted by Crippen LogP contribution is -2.13. The molecule has 0 spiro atoms. The SMILES string of the molecule is [B]c1cc(OC)c(OC(C)C)cc1C=O. The van der Waals surface area contributed by atoms with E-state index in [4.69, 9.17) is 17.3 Å². The van der Waals surface area contributed by atoms with Crippen molar-refractivity contribution in [2.75, 3.05) is 7.11 Å². The van der Waals surface area contributed by atoms with Gasteiger partial charge in [-0.3, -0.25) is 4.79 Å². The highest BCUT2D eigenvalue weighted by molar-refractivity contribution is 6.35. The molecule has 0 N–H and O–H groups in total. The van der Waals surface area contributed by atoms with Crippen LogP contribution in [0.5, 0.6) is 11.5 Å². The van der Waals surface area contributed by atoms with Crippen molar-refractivity contribution < 1.29 is 14.3 Å². The van der Waals surface area contributed by atoms with E-state index in [1.165, 1.54) is 7.11 Å². The Labute approximate surface area is 90.8 Å². The van der Waals surface area contributed by atoms with Gasteiger partial charge in [0.15, 0.2) is 11.5 Å². The van der Waals surface area contributed by atoms with Gasteiger partial charge in [-0.25, -0.2) is 0 Å². The van der Waals surface area contributed by atoms with Gasteiger partial charge >= 0.3 is 0 Å². The maximum absolute atomic E-state index is 10.7. The van der Waals surface area contributed by atoms with Crippen molar-refractivity contribution >= 4 is 19.6 Å². The van der Waals surface area contributed by atoms with Gasteiger partial charge in [0.05, 0.1) is 13.2 Å². The van der Waals surface area contributed by atoms with Crippen LogP contribution in [-0.2, 0) is 0 Å². The van der Waals surface area contributed by atoms with Crippen LogP contribution in [0.15, 0.2) is 12.1 Å². The zero-order chi connectivity index (χ0) is 11.4. The van der Waals surface area contributed by atoms with E-state index < -0.39 is 0 Å². The largest absolute Gasteiger partial charge is 0.493 e. The normalized spacial score (nSPS) is 10.1. The number of ether oxygens (including phenoxy) is 2. The Morgan fingerprint density at radius 1 is 1.33 bits per heavy atom. The van der Waals surface area contributed by atoms with Crippen LogP contribution in [0.25, 0.3) is 0 Å². The van der Waals surface area contributed by atoms with Crippen LogP contribution >= 0.6 is 0 Å². The summed E-state index contributed by atoms with van der Waals surface area (Å²) in [5.74, 6) is 1.07. The van der Waals surface area contributed by atoms with Gasteiger partial charge in [0.2, 0.25) is 0 Å². The Balaban J connectivity index is 3.16. The van der Waals surface area contributed by atoms with E-state index in [2.05, 4.69) is 0 Å². The number of carbonyl (C=O) groups excluding carboxylic acids is 1. The Kier molecular flexibility index (Phi) is 3.77. The maximum Gasteiger partial charge on any atom is 0.162 e. The summed E-state index contributed by atoms with van der Waals surface area (Å²) in [7, 11) is 7.17. The minimum absolute atomic E-state index is 0.0158. The zero-order valence-corrected chi connectivity index (χ0v) is 9.11. The van der Waals surface area contributed by atoms with Crippen molar-refractivity contribution in [1.82, 2.24) is 0 Å². The van der Waals surface area contributed by atoms with Crippen LogP contribution in [0, 0.1) is 0 Å². The molecule has 1 aromatic rings. The highest BCUT2D eigenvalue weighted by Crippen LogP contribution is 2.27. The zero-order valence-electron chi connectivity index (χ0n) is 9.11. The molecule has 0 aliphatic rings. The molecule has 0 bridgehead atoms. The highest BCUT2D eigenvalue weighted by atomic mass is 16.5. The molecule has 0 saturated carbocycles. The van der Waals surface area contributed by atoms with Gasteiger partial charge in [0.1, 0.15) is 14.1 Å². The fourth-order valence-corrected chi connectivity index (χ4v) is 1.20. The smallest absolute Gasteiger partial charge is 0.162 e. The molecule has 0 amide bonds. The minimum Gasteiger partial charge on any atom is -0.493 e. The molecule has 15 heavy (non-hydrogen) atoms. The summed E-state index contributed by atoms with van der Waals surface area (Å²) in [4.78, 5) is 10.7. The molecular formula is C11H13BO3. The van der Waals surface area contributed by atoms with E-state index >= 15 is 0 Å². The first-order valence-corrected chi connectivity index (χ1v) is 4.67. The number of carbonyl (C=O) groups is 1. The first-order chi connectivity index (χ1) is 7.08. The van der Waals surface area contributed by atoms with Gasteiger partial charge in [0.25, 0.3) is 0 Å². The fourth-order valence-electron chi connectivity index (χ4n) is 1.20. The Morgan fingerprint density at radius 2 is 2.00 bits per heavy atom. The van der Waals surface area contributed by atoms with Gasteiger partial charge in [-0.1, -0.05) is 5.46 Å². The van der Waals surface area contributed by atoms with Crippen molar-refractivity contribution in [3.63, 3.8) is 0 Å². The molecule has 0 unspecified atom stereocenters. The third-order valence-electron chi connectivity index (χ3n) is 1.86. The summed E-state index contributed by atoms with van der Waals surface area (Å²) in [5, 5.41) is 0. The molecule has 1 aromatic carbocycles. The second kappa shape index (κ2) is 4.87. The maximum atomic E-state index is 10.7. The first-order valence-electron chi connectivity index (χ1n) is 4.67. The molecule has 0 aliphatic heterocycles. The van der Waals surface area contributed by atoms with Gasteiger partial charge in [-0.05, 0) is 26.0 Å². The third-order valence-corrected chi connectivity index (χ3v) is 1.86.